The van der Waals surface area contributed by atoms with Crippen molar-refractivity contribution in [2.75, 3.05) is 44.3 Å². The topological polar surface area (TPSA) is 65.8 Å². The molecule has 6 nitrogen and oxygen atoms in total. The van der Waals surface area contributed by atoms with Gasteiger partial charge in [0.05, 0.1) is 6.54 Å². The molecule has 1 saturated heterocycles. The fourth-order valence-electron chi connectivity index (χ4n) is 4.16. The molecular weight excluding hydrogens is 422 g/mol. The molecule has 2 heterocycles. The van der Waals surface area contributed by atoms with Gasteiger partial charge in [-0.1, -0.05) is 43.3 Å². The monoisotopic (exact) mass is 451 g/mol. The zero-order valence-corrected chi connectivity index (χ0v) is 19.4. The molecule has 0 saturated carbocycles. The van der Waals surface area contributed by atoms with Crippen LogP contribution in [0.25, 0.3) is 11.0 Å². The molecule has 7 heteroatoms. The van der Waals surface area contributed by atoms with Crippen molar-refractivity contribution in [3.63, 3.8) is 0 Å². The predicted molar refractivity (Wildman–Crippen MR) is 130 cm³/mol. The van der Waals surface area contributed by atoms with E-state index in [1.807, 2.05) is 59.7 Å². The van der Waals surface area contributed by atoms with E-state index in [1.54, 1.807) is 11.8 Å². The maximum atomic E-state index is 13.2. The highest BCUT2D eigenvalue weighted by Gasteiger charge is 2.28. The van der Waals surface area contributed by atoms with Crippen molar-refractivity contribution in [1.29, 1.82) is 0 Å². The van der Waals surface area contributed by atoms with Gasteiger partial charge in [0.15, 0.2) is 5.76 Å². The minimum Gasteiger partial charge on any atom is -0.451 e. The number of hydrogen-bond donors (Lipinski definition) is 1. The van der Waals surface area contributed by atoms with Crippen LogP contribution in [0.4, 0.5) is 5.69 Å². The number of amides is 2. The van der Waals surface area contributed by atoms with E-state index in [4.69, 9.17) is 4.42 Å². The molecule has 32 heavy (non-hydrogen) atoms. The van der Waals surface area contributed by atoms with Crippen LogP contribution in [0.1, 0.15) is 28.6 Å². The molecule has 0 radical (unpaired) electrons. The van der Waals surface area contributed by atoms with E-state index in [2.05, 4.69) is 17.1 Å². The van der Waals surface area contributed by atoms with Gasteiger partial charge >= 0.3 is 0 Å². The van der Waals surface area contributed by atoms with Gasteiger partial charge in [-0.25, -0.2) is 0 Å². The highest BCUT2D eigenvalue weighted by molar-refractivity contribution is 7.97. The summed E-state index contributed by atoms with van der Waals surface area (Å²) in [5.74, 6) is 1.09. The van der Waals surface area contributed by atoms with Crippen LogP contribution in [-0.4, -0.2) is 60.6 Å². The molecule has 2 aromatic carbocycles. The van der Waals surface area contributed by atoms with Gasteiger partial charge in [0.2, 0.25) is 5.91 Å². The Morgan fingerprint density at radius 1 is 1.03 bits per heavy atom. The zero-order chi connectivity index (χ0) is 22.5. The fraction of sp³-hybridized carbons (Fsp3) is 0.360. The summed E-state index contributed by atoms with van der Waals surface area (Å²) in [5, 5.41) is 4.03. The van der Waals surface area contributed by atoms with E-state index in [9.17, 15) is 9.59 Å². The molecule has 0 unspecified atom stereocenters. The number of nitrogens with zero attached hydrogens (tertiary/aromatic N) is 2. The summed E-state index contributed by atoms with van der Waals surface area (Å²) in [6.07, 6.45) is 2.90. The average Bonchev–Trinajstić information content (AvgIpc) is 3.18. The second-order valence-corrected chi connectivity index (χ2v) is 8.83. The summed E-state index contributed by atoms with van der Waals surface area (Å²) in [5.41, 5.74) is 3.72. The Labute approximate surface area is 192 Å². The van der Waals surface area contributed by atoms with Crippen LogP contribution in [0.15, 0.2) is 52.9 Å². The van der Waals surface area contributed by atoms with Gasteiger partial charge in [-0.15, -0.1) is 0 Å². The number of carbonyl (C=O) groups excluding carboxylic acids is 2. The molecule has 0 atom stereocenters. The highest BCUT2D eigenvalue weighted by atomic mass is 32.2. The molecule has 1 aromatic heterocycles. The molecule has 0 spiro atoms. The van der Waals surface area contributed by atoms with Gasteiger partial charge < -0.3 is 14.6 Å². The Bertz CT molecular complexity index is 1100. The Morgan fingerprint density at radius 2 is 1.75 bits per heavy atom. The van der Waals surface area contributed by atoms with Gasteiger partial charge in [0.1, 0.15) is 5.58 Å². The van der Waals surface area contributed by atoms with Gasteiger partial charge in [0.25, 0.3) is 5.91 Å². The number of benzene rings is 2. The first kappa shape index (κ1) is 22.4. The third-order valence-corrected chi connectivity index (χ3v) is 6.46. The standard InChI is InChI=1S/C25H29N3O3S/c1-3-18-8-4-6-10-21(18)26-23(29)16-27-12-14-28(15-13-27)25(30)24-20(17-32-2)19-9-5-7-11-22(19)31-24/h4-11H,3,12-17H2,1-2H3,(H,26,29). The first-order valence-electron chi connectivity index (χ1n) is 11.0. The lowest BCUT2D eigenvalue weighted by atomic mass is 10.1. The minimum atomic E-state index is -0.0637. The molecule has 0 aliphatic carbocycles. The number of furan rings is 1. The first-order valence-corrected chi connectivity index (χ1v) is 12.4. The van der Waals surface area contributed by atoms with E-state index in [1.165, 1.54) is 0 Å². The van der Waals surface area contributed by atoms with Crippen LogP contribution in [0.3, 0.4) is 0 Å². The van der Waals surface area contributed by atoms with E-state index >= 15 is 0 Å². The summed E-state index contributed by atoms with van der Waals surface area (Å²) in [7, 11) is 0. The normalized spacial score (nSPS) is 14.6. The third kappa shape index (κ3) is 4.84. The predicted octanol–water partition coefficient (Wildman–Crippen LogP) is 4.25. The average molecular weight is 452 g/mol. The largest absolute Gasteiger partial charge is 0.451 e. The molecule has 1 aliphatic heterocycles. The van der Waals surface area contributed by atoms with E-state index in [0.717, 1.165) is 40.0 Å². The van der Waals surface area contributed by atoms with Crippen LogP contribution < -0.4 is 5.32 Å². The molecule has 1 fully saturated rings. The number of aryl methyl sites for hydroxylation is 1. The van der Waals surface area contributed by atoms with Crippen molar-refractivity contribution in [2.45, 2.75) is 19.1 Å². The maximum Gasteiger partial charge on any atom is 0.290 e. The molecule has 3 aromatic rings. The van der Waals surface area contributed by atoms with Crippen LogP contribution in [0, 0.1) is 0 Å². The smallest absolute Gasteiger partial charge is 0.290 e. The number of piperazine rings is 1. The van der Waals surface area contributed by atoms with Crippen LogP contribution >= 0.6 is 11.8 Å². The van der Waals surface area contributed by atoms with Crippen LogP contribution in [-0.2, 0) is 17.0 Å². The number of para-hydroxylation sites is 2. The number of nitrogens with one attached hydrogen (secondary N) is 1. The number of carbonyl (C=O) groups is 2. The lowest BCUT2D eigenvalue weighted by molar-refractivity contribution is -0.117. The number of thioether (sulfide) groups is 1. The van der Waals surface area contributed by atoms with Crippen LogP contribution in [0.5, 0.6) is 0 Å². The van der Waals surface area contributed by atoms with Gasteiger partial charge in [-0.05, 0) is 30.4 Å². The Hall–Kier alpha value is -2.77. The minimum absolute atomic E-state index is 0.0229. The van der Waals surface area contributed by atoms with Crippen molar-refractivity contribution in [1.82, 2.24) is 9.80 Å². The van der Waals surface area contributed by atoms with Crippen molar-refractivity contribution < 1.29 is 14.0 Å². The van der Waals surface area contributed by atoms with E-state index in [-0.39, 0.29) is 11.8 Å². The lowest BCUT2D eigenvalue weighted by Gasteiger charge is -2.34. The van der Waals surface area contributed by atoms with Crippen molar-refractivity contribution in [3.8, 4) is 0 Å². The van der Waals surface area contributed by atoms with Gasteiger partial charge in [-0.3, -0.25) is 14.5 Å². The first-order chi connectivity index (χ1) is 15.6. The SMILES string of the molecule is CCc1ccccc1NC(=O)CN1CCN(C(=O)c2oc3ccccc3c2CSC)CC1. The van der Waals surface area contributed by atoms with Crippen molar-refractivity contribution in [2.24, 2.45) is 0 Å². The van der Waals surface area contributed by atoms with E-state index < -0.39 is 0 Å². The van der Waals surface area contributed by atoms with Crippen molar-refractivity contribution >= 4 is 40.2 Å². The molecule has 1 N–H and O–H groups in total. The number of anilines is 1. The summed E-state index contributed by atoms with van der Waals surface area (Å²) >= 11 is 1.68. The molecule has 0 bridgehead atoms. The third-order valence-electron chi connectivity index (χ3n) is 5.88. The summed E-state index contributed by atoms with van der Waals surface area (Å²) in [4.78, 5) is 29.7. The highest BCUT2D eigenvalue weighted by Crippen LogP contribution is 2.30. The number of rotatable bonds is 7. The quantitative estimate of drug-likeness (QED) is 0.582. The maximum absolute atomic E-state index is 13.2. The number of hydrogen-bond acceptors (Lipinski definition) is 5. The van der Waals surface area contributed by atoms with Crippen LogP contribution in [0.2, 0.25) is 0 Å². The molecular formula is C25H29N3O3S. The Morgan fingerprint density at radius 3 is 2.50 bits per heavy atom. The second-order valence-electron chi connectivity index (χ2n) is 7.97. The molecule has 1 aliphatic rings. The van der Waals surface area contributed by atoms with Gasteiger partial charge in [-0.2, -0.15) is 11.8 Å². The number of fused-ring (bicyclic) bond motifs is 1. The Kier molecular flexibility index (Phi) is 7.17. The van der Waals surface area contributed by atoms with Gasteiger partial charge in [0, 0.05) is 48.6 Å². The molecule has 168 valence electrons. The summed E-state index contributed by atoms with van der Waals surface area (Å²) in [6.45, 7) is 4.87. The van der Waals surface area contributed by atoms with E-state index in [0.29, 0.717) is 38.5 Å². The summed E-state index contributed by atoms with van der Waals surface area (Å²) in [6, 6.07) is 15.7. The second kappa shape index (κ2) is 10.2. The zero-order valence-electron chi connectivity index (χ0n) is 18.6. The molecule has 2 amide bonds. The summed E-state index contributed by atoms with van der Waals surface area (Å²) < 4.78 is 5.96. The fourth-order valence-corrected chi connectivity index (χ4v) is 4.73. The Balaban J connectivity index is 1.36. The lowest BCUT2D eigenvalue weighted by Crippen LogP contribution is -2.50. The van der Waals surface area contributed by atoms with Crippen molar-refractivity contribution in [3.05, 3.63) is 65.4 Å². The molecule has 4 rings (SSSR count).